The van der Waals surface area contributed by atoms with Gasteiger partial charge in [-0.05, 0) is 12.1 Å². The molecule has 0 unspecified atom stereocenters. The Labute approximate surface area is 82.5 Å². The van der Waals surface area contributed by atoms with Gasteiger partial charge in [0.2, 0.25) is 5.91 Å². The molecule has 14 heavy (non-hydrogen) atoms. The summed E-state index contributed by atoms with van der Waals surface area (Å²) in [6.45, 7) is 0.374. The second-order valence-electron chi connectivity index (χ2n) is 2.81. The van der Waals surface area contributed by atoms with Crippen LogP contribution in [0.25, 0.3) is 0 Å². The number of hydrogen-bond acceptors (Lipinski definition) is 3. The molecule has 0 aliphatic rings. The molecule has 0 fully saturated rings. The van der Waals surface area contributed by atoms with Crippen molar-refractivity contribution in [3.8, 4) is 5.75 Å². The average Bonchev–Trinajstić information content (AvgIpc) is 2.18. The molecular weight excluding hydrogens is 182 g/mol. The first kappa shape index (κ1) is 10.5. The SMILES string of the molecule is COCCC(=O)Nc1ccccc1O. The number of benzene rings is 1. The molecule has 0 saturated heterocycles. The van der Waals surface area contributed by atoms with Gasteiger partial charge in [0, 0.05) is 7.11 Å². The van der Waals surface area contributed by atoms with Gasteiger partial charge >= 0.3 is 0 Å². The van der Waals surface area contributed by atoms with E-state index in [0.29, 0.717) is 12.3 Å². The molecule has 2 N–H and O–H groups in total. The van der Waals surface area contributed by atoms with E-state index in [4.69, 9.17) is 4.74 Å². The maximum absolute atomic E-state index is 11.2. The van der Waals surface area contributed by atoms with Crippen molar-refractivity contribution in [2.75, 3.05) is 19.0 Å². The minimum absolute atomic E-state index is 0.0678. The molecule has 0 atom stereocenters. The molecule has 0 radical (unpaired) electrons. The summed E-state index contributed by atoms with van der Waals surface area (Å²) < 4.78 is 4.76. The van der Waals surface area contributed by atoms with Crippen LogP contribution in [0.1, 0.15) is 6.42 Å². The fourth-order valence-electron chi connectivity index (χ4n) is 0.987. The summed E-state index contributed by atoms with van der Waals surface area (Å²) >= 11 is 0. The van der Waals surface area contributed by atoms with Gasteiger partial charge in [-0.15, -0.1) is 0 Å². The Morgan fingerprint density at radius 1 is 1.50 bits per heavy atom. The number of methoxy groups -OCH3 is 1. The van der Waals surface area contributed by atoms with Gasteiger partial charge in [-0.25, -0.2) is 0 Å². The molecule has 4 heteroatoms. The lowest BCUT2D eigenvalue weighted by Crippen LogP contribution is -2.13. The number of anilines is 1. The van der Waals surface area contributed by atoms with Crippen molar-refractivity contribution in [2.24, 2.45) is 0 Å². The van der Waals surface area contributed by atoms with Crippen LogP contribution < -0.4 is 5.32 Å². The lowest BCUT2D eigenvalue weighted by Gasteiger charge is -2.05. The summed E-state index contributed by atoms with van der Waals surface area (Å²) in [5.74, 6) is -0.105. The van der Waals surface area contributed by atoms with E-state index in [2.05, 4.69) is 5.32 Å². The molecule has 1 aromatic carbocycles. The summed E-state index contributed by atoms with van der Waals surface area (Å²) in [5, 5.41) is 11.9. The van der Waals surface area contributed by atoms with Crippen molar-refractivity contribution in [3.63, 3.8) is 0 Å². The third kappa shape index (κ3) is 3.06. The second-order valence-corrected chi connectivity index (χ2v) is 2.81. The number of carbonyl (C=O) groups excluding carboxylic acids is 1. The van der Waals surface area contributed by atoms with Gasteiger partial charge in [-0.1, -0.05) is 12.1 Å². The van der Waals surface area contributed by atoms with Crippen molar-refractivity contribution < 1.29 is 14.6 Å². The number of para-hydroxylation sites is 2. The Bertz CT molecular complexity index is 312. The monoisotopic (exact) mass is 195 g/mol. The topological polar surface area (TPSA) is 58.6 Å². The van der Waals surface area contributed by atoms with E-state index < -0.39 is 0 Å². The molecular formula is C10H13NO3. The summed E-state index contributed by atoms with van der Waals surface area (Å²) in [6.07, 6.45) is 0.283. The maximum atomic E-state index is 11.2. The van der Waals surface area contributed by atoms with Crippen LogP contribution in [-0.2, 0) is 9.53 Å². The first-order valence-corrected chi connectivity index (χ1v) is 4.31. The number of hydrogen-bond donors (Lipinski definition) is 2. The van der Waals surface area contributed by atoms with Gasteiger partial charge in [0.05, 0.1) is 18.7 Å². The predicted molar refractivity (Wildman–Crippen MR) is 53.2 cm³/mol. The second kappa shape index (κ2) is 5.24. The van der Waals surface area contributed by atoms with E-state index in [0.717, 1.165) is 0 Å². The van der Waals surface area contributed by atoms with Gasteiger partial charge in [-0.2, -0.15) is 0 Å². The first-order valence-electron chi connectivity index (χ1n) is 4.31. The summed E-state index contributed by atoms with van der Waals surface area (Å²) in [4.78, 5) is 11.2. The minimum atomic E-state index is -0.173. The summed E-state index contributed by atoms with van der Waals surface area (Å²) in [7, 11) is 1.53. The van der Waals surface area contributed by atoms with Crippen molar-refractivity contribution in [2.45, 2.75) is 6.42 Å². The highest BCUT2D eigenvalue weighted by Gasteiger charge is 2.04. The van der Waals surface area contributed by atoms with Gasteiger partial charge in [0.1, 0.15) is 5.75 Å². The van der Waals surface area contributed by atoms with Gasteiger partial charge < -0.3 is 15.2 Å². The zero-order valence-corrected chi connectivity index (χ0v) is 7.99. The zero-order chi connectivity index (χ0) is 10.4. The standard InChI is InChI=1S/C10H13NO3/c1-14-7-6-10(13)11-8-4-2-3-5-9(8)12/h2-5,12H,6-7H2,1H3,(H,11,13). The van der Waals surface area contributed by atoms with E-state index >= 15 is 0 Å². The number of ether oxygens (including phenoxy) is 1. The van der Waals surface area contributed by atoms with Crippen LogP contribution in [0.4, 0.5) is 5.69 Å². The highest BCUT2D eigenvalue weighted by molar-refractivity contribution is 5.92. The highest BCUT2D eigenvalue weighted by atomic mass is 16.5. The molecule has 4 nitrogen and oxygen atoms in total. The van der Waals surface area contributed by atoms with Gasteiger partial charge in [0.25, 0.3) is 0 Å². The number of amides is 1. The van der Waals surface area contributed by atoms with Crippen LogP contribution in [0.3, 0.4) is 0 Å². The lowest BCUT2D eigenvalue weighted by atomic mass is 10.3. The van der Waals surface area contributed by atoms with Crippen LogP contribution in [0.2, 0.25) is 0 Å². The number of carbonyl (C=O) groups is 1. The zero-order valence-electron chi connectivity index (χ0n) is 7.99. The number of rotatable bonds is 4. The molecule has 1 rings (SSSR count). The molecule has 0 aliphatic carbocycles. The molecule has 0 aliphatic heterocycles. The highest BCUT2D eigenvalue weighted by Crippen LogP contribution is 2.21. The van der Waals surface area contributed by atoms with Crippen LogP contribution in [0.15, 0.2) is 24.3 Å². The number of aromatic hydroxyl groups is 1. The van der Waals surface area contributed by atoms with E-state index in [9.17, 15) is 9.90 Å². The largest absolute Gasteiger partial charge is 0.506 e. The van der Waals surface area contributed by atoms with E-state index in [1.54, 1.807) is 18.2 Å². The molecule has 76 valence electrons. The third-order valence-corrected chi connectivity index (χ3v) is 1.71. The molecule has 0 bridgehead atoms. The Balaban J connectivity index is 2.52. The fourth-order valence-corrected chi connectivity index (χ4v) is 0.987. The molecule has 0 spiro atoms. The molecule has 0 heterocycles. The van der Waals surface area contributed by atoms with Crippen LogP contribution >= 0.6 is 0 Å². The van der Waals surface area contributed by atoms with E-state index in [-0.39, 0.29) is 18.1 Å². The average molecular weight is 195 g/mol. The van der Waals surface area contributed by atoms with Gasteiger partial charge in [0.15, 0.2) is 0 Å². The van der Waals surface area contributed by atoms with E-state index in [1.807, 2.05) is 0 Å². The third-order valence-electron chi connectivity index (χ3n) is 1.71. The van der Waals surface area contributed by atoms with Crippen molar-refractivity contribution in [1.29, 1.82) is 0 Å². The number of phenolic OH excluding ortho intramolecular Hbond substituents is 1. The van der Waals surface area contributed by atoms with Crippen molar-refractivity contribution in [3.05, 3.63) is 24.3 Å². The minimum Gasteiger partial charge on any atom is -0.506 e. The fraction of sp³-hybridized carbons (Fsp3) is 0.300. The van der Waals surface area contributed by atoms with E-state index in [1.165, 1.54) is 13.2 Å². The maximum Gasteiger partial charge on any atom is 0.226 e. The first-order chi connectivity index (χ1) is 6.74. The normalized spacial score (nSPS) is 9.79. The summed E-state index contributed by atoms with van der Waals surface area (Å²) in [5.41, 5.74) is 0.425. The molecule has 0 saturated carbocycles. The molecule has 1 amide bonds. The summed E-state index contributed by atoms with van der Waals surface area (Å²) in [6, 6.07) is 6.60. The molecule has 0 aromatic heterocycles. The van der Waals surface area contributed by atoms with Crippen LogP contribution in [0.5, 0.6) is 5.75 Å². The van der Waals surface area contributed by atoms with Crippen molar-refractivity contribution >= 4 is 11.6 Å². The Morgan fingerprint density at radius 2 is 2.21 bits per heavy atom. The van der Waals surface area contributed by atoms with Gasteiger partial charge in [-0.3, -0.25) is 4.79 Å². The van der Waals surface area contributed by atoms with Crippen molar-refractivity contribution in [1.82, 2.24) is 0 Å². The molecule has 1 aromatic rings. The number of phenols is 1. The van der Waals surface area contributed by atoms with Crippen LogP contribution in [-0.4, -0.2) is 24.7 Å². The van der Waals surface area contributed by atoms with Crippen LogP contribution in [0, 0.1) is 0 Å². The predicted octanol–water partition coefficient (Wildman–Crippen LogP) is 1.37. The quantitative estimate of drug-likeness (QED) is 0.713. The lowest BCUT2D eigenvalue weighted by molar-refractivity contribution is -0.117. The Morgan fingerprint density at radius 3 is 2.86 bits per heavy atom. The Hall–Kier alpha value is -1.55. The Kier molecular flexibility index (Phi) is 3.94. The number of nitrogens with one attached hydrogen (secondary N) is 1. The smallest absolute Gasteiger partial charge is 0.226 e.